The molecule has 1 unspecified atom stereocenters. The third-order valence-electron chi connectivity index (χ3n) is 11.6. The van der Waals surface area contributed by atoms with E-state index in [1.807, 2.05) is 59.0 Å². The zero-order valence-electron chi connectivity index (χ0n) is 58.9. The highest BCUT2D eigenvalue weighted by atomic mass is 127. The molecular weight excluding hydrogens is 1600 g/mol. The number of phenols is 2. The summed E-state index contributed by atoms with van der Waals surface area (Å²) in [4.78, 5) is 0.454. The third-order valence-corrected chi connectivity index (χ3v) is 16.2. The Morgan fingerprint density at radius 2 is 0.687 bits per heavy atom. The van der Waals surface area contributed by atoms with Crippen LogP contribution in [0.3, 0.4) is 0 Å². The van der Waals surface area contributed by atoms with Crippen LogP contribution in [-0.2, 0) is 119 Å². The Balaban J connectivity index is 0. The second kappa shape index (κ2) is 71.6. The molecule has 0 spiro atoms. The van der Waals surface area contributed by atoms with Crippen LogP contribution in [0.15, 0.2) is 70.5 Å². The normalized spacial score (nSPS) is 12.5. The van der Waals surface area contributed by atoms with Gasteiger partial charge in [-0.15, -0.1) is 11.6 Å². The molecule has 1 aliphatic rings. The van der Waals surface area contributed by atoms with E-state index < -0.39 is 32.2 Å². The van der Waals surface area contributed by atoms with Crippen molar-refractivity contribution < 1.29 is 136 Å². The summed E-state index contributed by atoms with van der Waals surface area (Å²) < 4.78 is 157. The zero-order valence-corrected chi connectivity index (χ0v) is 65.6. The standard InChI is InChI=1S/C24H42O11S.C17H36O9.C8H10O2S.C7H16O4.C6H4I2O2.C3H5ClO/c1-22-4-6-24(7-5-22)36(25,26)35-23(20-33-18-16-31-14-12-29-10-8-27-2)21-34-19-17-32-15-13-30-11-9-28-3;1-19-3-5-21-7-9-23-11-13-25-15-17(18)16-26-14-12-24-10-8-22-6-4-20-2;1-7-3-5-8(6-4-7)11(2,9)10;1-9-4-5-11-7-6-10-3-2-8;7-3-1-5(9)4(8)2-6(3)10;4-1-3-2-5-3/h4-7,23H,8-21H2,1-3H3;17-18H,3-16H2,1-2H3;3-6H,1-2H3;8H,2-7H2,1H3;1-2,9-10H;3H,1-2H2. The molecule has 3 aromatic rings. The van der Waals surface area contributed by atoms with E-state index in [1.54, 1.807) is 71.9 Å². The molecular formula is C65H113ClI2O29S2. The summed E-state index contributed by atoms with van der Waals surface area (Å²) in [7, 11) is 1.12. The van der Waals surface area contributed by atoms with Crippen molar-refractivity contribution in [3.05, 3.63) is 78.9 Å². The topological polar surface area (TPSA) is 346 Å². The molecule has 3 aromatic carbocycles. The molecule has 0 radical (unpaired) electrons. The number of alkyl halides is 1. The second-order valence-electron chi connectivity index (χ2n) is 20.2. The number of rotatable bonds is 57. The van der Waals surface area contributed by atoms with Crippen LogP contribution in [0.1, 0.15) is 11.1 Å². The van der Waals surface area contributed by atoms with Crippen LogP contribution in [0.2, 0.25) is 0 Å². The summed E-state index contributed by atoms with van der Waals surface area (Å²) in [6.45, 7) is 19.1. The first-order valence-electron chi connectivity index (χ1n) is 31.9. The Bertz CT molecular complexity index is 2340. The second-order valence-corrected chi connectivity index (χ2v) is 26.4. The van der Waals surface area contributed by atoms with Crippen LogP contribution < -0.4 is 0 Å². The highest BCUT2D eigenvalue weighted by Gasteiger charge is 2.23. The molecule has 0 aromatic heterocycles. The van der Waals surface area contributed by atoms with Gasteiger partial charge in [-0.05, 0) is 95.4 Å². The predicted molar refractivity (Wildman–Crippen MR) is 387 cm³/mol. The van der Waals surface area contributed by atoms with Crippen LogP contribution >= 0.6 is 56.8 Å². The highest BCUT2D eigenvalue weighted by molar-refractivity contribution is 14.1. The summed E-state index contributed by atoms with van der Waals surface area (Å²) in [5.74, 6) is 1.09. The average molecular weight is 1710 g/mol. The maximum atomic E-state index is 12.7. The fraction of sp³-hybridized carbons (Fsp3) is 0.723. The number of hydrogen-bond acceptors (Lipinski definition) is 29. The Hall–Kier alpha value is -2.01. The van der Waals surface area contributed by atoms with Crippen molar-refractivity contribution >= 4 is 76.7 Å². The van der Waals surface area contributed by atoms with Crippen LogP contribution in [0.5, 0.6) is 11.5 Å². The summed E-state index contributed by atoms with van der Waals surface area (Å²) in [5.41, 5.74) is 2.02. The molecule has 1 aliphatic heterocycles. The van der Waals surface area contributed by atoms with Gasteiger partial charge in [-0.1, -0.05) is 35.4 Å². The lowest BCUT2D eigenvalue weighted by Crippen LogP contribution is -2.30. The minimum absolute atomic E-state index is 0.0208. The molecule has 1 fully saturated rings. The zero-order chi connectivity index (χ0) is 73.7. The molecule has 34 heteroatoms. The maximum absolute atomic E-state index is 12.7. The van der Waals surface area contributed by atoms with E-state index >= 15 is 0 Å². The number of phenolic OH excluding ortho intramolecular Hbond substituents is 2. The quantitative estimate of drug-likeness (QED) is 0.0141. The van der Waals surface area contributed by atoms with Gasteiger partial charge in [-0.3, -0.25) is 4.18 Å². The molecule has 0 aliphatic carbocycles. The van der Waals surface area contributed by atoms with E-state index in [1.165, 1.54) is 30.5 Å². The van der Waals surface area contributed by atoms with Gasteiger partial charge >= 0.3 is 0 Å². The van der Waals surface area contributed by atoms with Crippen molar-refractivity contribution in [2.45, 2.75) is 42.0 Å². The van der Waals surface area contributed by atoms with Gasteiger partial charge in [0.1, 0.15) is 23.7 Å². The van der Waals surface area contributed by atoms with E-state index in [9.17, 15) is 21.9 Å². The van der Waals surface area contributed by atoms with Crippen molar-refractivity contribution in [1.82, 2.24) is 0 Å². The molecule has 0 amide bonds. The van der Waals surface area contributed by atoms with E-state index in [0.717, 1.165) is 17.7 Å². The summed E-state index contributed by atoms with van der Waals surface area (Å²) in [6, 6.07) is 16.3. The minimum atomic E-state index is -3.98. The number of hydrogen-bond donors (Lipinski definition) is 4. The van der Waals surface area contributed by atoms with Gasteiger partial charge in [0.25, 0.3) is 10.1 Å². The van der Waals surface area contributed by atoms with Crippen molar-refractivity contribution in [2.75, 3.05) is 279 Å². The smallest absolute Gasteiger partial charge is 0.297 e. The first kappa shape index (κ1) is 99.0. The van der Waals surface area contributed by atoms with Crippen molar-refractivity contribution in [2.24, 2.45) is 0 Å². The largest absolute Gasteiger partial charge is 0.507 e. The monoisotopic (exact) mass is 1710 g/mol. The maximum Gasteiger partial charge on any atom is 0.297 e. The molecule has 99 heavy (non-hydrogen) atoms. The van der Waals surface area contributed by atoms with Crippen LogP contribution in [0.4, 0.5) is 0 Å². The summed E-state index contributed by atoms with van der Waals surface area (Å²) >= 11 is 9.18. The van der Waals surface area contributed by atoms with Crippen molar-refractivity contribution in [1.29, 1.82) is 0 Å². The highest BCUT2D eigenvalue weighted by Crippen LogP contribution is 2.29. The van der Waals surface area contributed by atoms with Gasteiger partial charge in [-0.25, -0.2) is 8.42 Å². The first-order chi connectivity index (χ1) is 47.8. The fourth-order valence-electron chi connectivity index (χ4n) is 6.29. The molecule has 4 rings (SSSR count). The minimum Gasteiger partial charge on any atom is -0.507 e. The number of epoxide rings is 1. The molecule has 0 saturated carbocycles. The number of aliphatic hydroxyl groups excluding tert-OH is 2. The summed E-state index contributed by atoms with van der Waals surface area (Å²) in [6.07, 6.45) is 0.116. The van der Waals surface area contributed by atoms with Gasteiger partial charge in [-0.2, -0.15) is 8.42 Å². The Kier molecular flexibility index (Phi) is 71.6. The molecule has 580 valence electrons. The summed E-state index contributed by atoms with van der Waals surface area (Å²) in [5, 5.41) is 36.2. The SMILES string of the molecule is COCCOCCOCCO.COCCOCCOCCOCC(COCCOCCOCCOC)OS(=O)(=O)c1ccc(C)cc1.COCCOCCOCCOCC(O)COCCOCCOCCOC.Cc1ccc(S(C)(=O)=O)cc1.ClCC1CO1.Oc1cc(I)c(O)cc1I. The molecule has 29 nitrogen and oxygen atoms in total. The van der Waals surface area contributed by atoms with Gasteiger partial charge in [0.2, 0.25) is 0 Å². The number of sulfone groups is 1. The van der Waals surface area contributed by atoms with E-state index in [4.69, 9.17) is 126 Å². The van der Waals surface area contributed by atoms with Crippen LogP contribution in [0, 0.1) is 21.0 Å². The van der Waals surface area contributed by atoms with Gasteiger partial charge in [0.15, 0.2) is 9.84 Å². The predicted octanol–water partition coefficient (Wildman–Crippen LogP) is 5.19. The number of aromatic hydroxyl groups is 2. The number of aryl methyl sites for hydroxylation is 2. The van der Waals surface area contributed by atoms with Crippen molar-refractivity contribution in [3.8, 4) is 11.5 Å². The number of methoxy groups -OCH3 is 5. The van der Waals surface area contributed by atoms with Crippen molar-refractivity contribution in [3.63, 3.8) is 0 Å². The number of benzene rings is 3. The lowest BCUT2D eigenvalue weighted by molar-refractivity contribution is -0.0482. The van der Waals surface area contributed by atoms with Gasteiger partial charge < -0.3 is 115 Å². The number of halogens is 3. The Labute approximate surface area is 620 Å². The lowest BCUT2D eigenvalue weighted by atomic mass is 10.2. The molecule has 1 atom stereocenters. The molecule has 1 saturated heterocycles. The van der Waals surface area contributed by atoms with Crippen LogP contribution in [0.25, 0.3) is 0 Å². The average Bonchev–Trinajstić information content (AvgIpc) is 1.57. The first-order valence-corrected chi connectivity index (χ1v) is 37.9. The Morgan fingerprint density at radius 1 is 0.434 bits per heavy atom. The molecule has 4 N–H and O–H groups in total. The van der Waals surface area contributed by atoms with Gasteiger partial charge in [0.05, 0.1) is 260 Å². The molecule has 1 heterocycles. The van der Waals surface area contributed by atoms with Gasteiger partial charge in [0, 0.05) is 41.8 Å². The van der Waals surface area contributed by atoms with E-state index in [-0.39, 0.29) is 62.6 Å². The van der Waals surface area contributed by atoms with E-state index in [2.05, 4.69) is 0 Å². The molecule has 0 bridgehead atoms. The number of aliphatic hydroxyl groups is 2. The number of ether oxygens (including phenoxy) is 20. The van der Waals surface area contributed by atoms with E-state index in [0.29, 0.717) is 202 Å². The fourth-order valence-corrected chi connectivity index (χ4v) is 9.05. The third kappa shape index (κ3) is 67.6. The lowest BCUT2D eigenvalue weighted by Gasteiger charge is -2.18. The van der Waals surface area contributed by atoms with Crippen LogP contribution in [-0.4, -0.2) is 334 Å². The Morgan fingerprint density at radius 3 is 0.929 bits per heavy atom.